The summed E-state index contributed by atoms with van der Waals surface area (Å²) in [7, 11) is 0. The molecule has 2 N–H and O–H groups in total. The topological polar surface area (TPSA) is 47.0 Å². The summed E-state index contributed by atoms with van der Waals surface area (Å²) in [4.78, 5) is 10.8. The van der Waals surface area contributed by atoms with Crippen LogP contribution in [0.5, 0.6) is 0 Å². The van der Waals surface area contributed by atoms with Gasteiger partial charge in [0.2, 0.25) is 0 Å². The van der Waals surface area contributed by atoms with E-state index in [1.807, 2.05) is 10.8 Å². The molecule has 0 bridgehead atoms. The number of pyridine rings is 1. The normalized spacial score (nSPS) is 9.75. The van der Waals surface area contributed by atoms with E-state index in [1.165, 1.54) is 0 Å². The standard InChI is InChI=1S/C9H11N2O/c1-2-5-11-6-3-4-8(7-11)9(10)12/h3-4,6-7H,1-2,5H2,(H-,10,12)/p+1. The number of nitrogens with two attached hydrogens (primary N) is 1. The van der Waals surface area contributed by atoms with Gasteiger partial charge in [0.25, 0.3) is 5.91 Å². The van der Waals surface area contributed by atoms with Crippen LogP contribution in [0.25, 0.3) is 0 Å². The molecule has 0 aromatic carbocycles. The van der Waals surface area contributed by atoms with Crippen LogP contribution in [0.1, 0.15) is 16.8 Å². The Morgan fingerprint density at radius 2 is 2.42 bits per heavy atom. The molecule has 63 valence electrons. The number of aryl methyl sites for hydroxylation is 1. The number of rotatable bonds is 3. The number of aromatic nitrogens is 1. The minimum atomic E-state index is -0.395. The van der Waals surface area contributed by atoms with Gasteiger partial charge in [-0.1, -0.05) is 0 Å². The Morgan fingerprint density at radius 1 is 1.67 bits per heavy atom. The Morgan fingerprint density at radius 3 is 3.00 bits per heavy atom. The van der Waals surface area contributed by atoms with Gasteiger partial charge < -0.3 is 5.73 Å². The van der Waals surface area contributed by atoms with Gasteiger partial charge in [-0.05, 0) is 13.0 Å². The molecule has 1 amide bonds. The molecule has 1 aromatic heterocycles. The number of amides is 1. The Balaban J connectivity index is 2.88. The van der Waals surface area contributed by atoms with Crippen molar-refractivity contribution in [1.82, 2.24) is 0 Å². The maximum atomic E-state index is 10.8. The third-order valence-corrected chi connectivity index (χ3v) is 1.56. The number of hydrogen-bond donors (Lipinski definition) is 1. The van der Waals surface area contributed by atoms with Crippen molar-refractivity contribution >= 4 is 5.91 Å². The van der Waals surface area contributed by atoms with Crippen molar-refractivity contribution in [2.24, 2.45) is 5.73 Å². The van der Waals surface area contributed by atoms with Crippen LogP contribution in [0.3, 0.4) is 0 Å². The SMILES string of the molecule is [CH2]CC[n+]1cccc(C(N)=O)c1. The highest BCUT2D eigenvalue weighted by Gasteiger charge is 2.05. The average molecular weight is 164 g/mol. The Bertz CT molecular complexity index is 284. The molecule has 3 heteroatoms. The molecular weight excluding hydrogens is 152 g/mol. The van der Waals surface area contributed by atoms with Crippen molar-refractivity contribution in [2.45, 2.75) is 13.0 Å². The van der Waals surface area contributed by atoms with E-state index in [0.717, 1.165) is 13.0 Å². The fourth-order valence-electron chi connectivity index (χ4n) is 0.989. The lowest BCUT2D eigenvalue weighted by atomic mass is 10.3. The average Bonchev–Trinajstić information content (AvgIpc) is 2.05. The monoisotopic (exact) mass is 164 g/mol. The molecule has 1 aromatic rings. The predicted molar refractivity (Wildman–Crippen MR) is 45.1 cm³/mol. The summed E-state index contributed by atoms with van der Waals surface area (Å²) in [5, 5.41) is 0. The van der Waals surface area contributed by atoms with Crippen LogP contribution < -0.4 is 10.3 Å². The van der Waals surface area contributed by atoms with E-state index in [1.54, 1.807) is 18.3 Å². The van der Waals surface area contributed by atoms with Gasteiger partial charge in [0.05, 0.1) is 0 Å². The van der Waals surface area contributed by atoms with Crippen molar-refractivity contribution in [1.29, 1.82) is 0 Å². The first kappa shape index (κ1) is 8.71. The lowest BCUT2D eigenvalue weighted by Gasteiger charge is -1.94. The number of primary amides is 1. The summed E-state index contributed by atoms with van der Waals surface area (Å²) in [5.41, 5.74) is 5.64. The molecule has 1 rings (SSSR count). The van der Waals surface area contributed by atoms with Gasteiger partial charge in [-0.25, -0.2) is 4.57 Å². The number of hydrogen-bond acceptors (Lipinski definition) is 1. The van der Waals surface area contributed by atoms with Crippen LogP contribution in [0.2, 0.25) is 0 Å². The van der Waals surface area contributed by atoms with E-state index in [0.29, 0.717) is 5.56 Å². The minimum absolute atomic E-state index is 0.395. The lowest BCUT2D eigenvalue weighted by molar-refractivity contribution is -0.696. The van der Waals surface area contributed by atoms with Gasteiger partial charge in [-0.3, -0.25) is 4.79 Å². The van der Waals surface area contributed by atoms with Crippen LogP contribution in [-0.4, -0.2) is 5.91 Å². The lowest BCUT2D eigenvalue weighted by Crippen LogP contribution is -2.34. The molecule has 0 aliphatic heterocycles. The van der Waals surface area contributed by atoms with Crippen molar-refractivity contribution in [3.63, 3.8) is 0 Å². The minimum Gasteiger partial charge on any atom is -0.365 e. The first-order valence-corrected chi connectivity index (χ1v) is 3.82. The number of nitrogens with zero attached hydrogens (tertiary/aromatic N) is 1. The summed E-state index contributed by atoms with van der Waals surface area (Å²) in [5.74, 6) is -0.395. The van der Waals surface area contributed by atoms with Crippen LogP contribution in [0, 0.1) is 6.92 Å². The maximum Gasteiger partial charge on any atom is 0.254 e. The molecule has 3 nitrogen and oxygen atoms in total. The summed E-state index contributed by atoms with van der Waals surface area (Å²) >= 11 is 0. The zero-order chi connectivity index (χ0) is 8.97. The zero-order valence-corrected chi connectivity index (χ0v) is 6.86. The van der Waals surface area contributed by atoms with Gasteiger partial charge in [0, 0.05) is 12.5 Å². The Hall–Kier alpha value is -1.38. The van der Waals surface area contributed by atoms with Crippen LogP contribution in [-0.2, 0) is 6.54 Å². The predicted octanol–water partition coefficient (Wildman–Crippen LogP) is 0.297. The first-order valence-electron chi connectivity index (χ1n) is 3.82. The Labute approximate surface area is 71.8 Å². The molecule has 0 unspecified atom stereocenters. The molecular formula is C9H12N2O+. The van der Waals surface area contributed by atoms with E-state index >= 15 is 0 Å². The van der Waals surface area contributed by atoms with E-state index in [2.05, 4.69) is 6.92 Å². The molecule has 0 spiro atoms. The van der Waals surface area contributed by atoms with E-state index in [9.17, 15) is 4.79 Å². The van der Waals surface area contributed by atoms with E-state index < -0.39 is 5.91 Å². The highest BCUT2D eigenvalue weighted by Crippen LogP contribution is 1.91. The summed E-state index contributed by atoms with van der Waals surface area (Å²) in [6.07, 6.45) is 4.41. The quantitative estimate of drug-likeness (QED) is 0.641. The second-order valence-electron chi connectivity index (χ2n) is 2.55. The maximum absolute atomic E-state index is 10.8. The third kappa shape index (κ3) is 2.05. The summed E-state index contributed by atoms with van der Waals surface area (Å²) in [6.45, 7) is 4.53. The van der Waals surface area contributed by atoms with Gasteiger partial charge in [-0.2, -0.15) is 0 Å². The Kier molecular flexibility index (Phi) is 2.80. The molecule has 1 radical (unpaired) electrons. The second-order valence-corrected chi connectivity index (χ2v) is 2.55. The fraction of sp³-hybridized carbons (Fsp3) is 0.222. The first-order chi connectivity index (χ1) is 5.74. The van der Waals surface area contributed by atoms with Gasteiger partial charge in [-0.15, -0.1) is 0 Å². The van der Waals surface area contributed by atoms with E-state index in [-0.39, 0.29) is 0 Å². The number of carbonyl (C=O) groups is 1. The summed E-state index contributed by atoms with van der Waals surface area (Å²) < 4.78 is 1.90. The molecule has 0 fully saturated rings. The van der Waals surface area contributed by atoms with Crippen molar-refractivity contribution in [3.8, 4) is 0 Å². The molecule has 12 heavy (non-hydrogen) atoms. The second kappa shape index (κ2) is 3.85. The molecule has 1 heterocycles. The summed E-state index contributed by atoms with van der Waals surface area (Å²) in [6, 6.07) is 3.50. The van der Waals surface area contributed by atoms with Crippen LogP contribution in [0.15, 0.2) is 24.5 Å². The largest absolute Gasteiger partial charge is 0.365 e. The van der Waals surface area contributed by atoms with Gasteiger partial charge >= 0.3 is 0 Å². The third-order valence-electron chi connectivity index (χ3n) is 1.56. The molecule has 0 saturated carbocycles. The van der Waals surface area contributed by atoms with E-state index in [4.69, 9.17) is 5.73 Å². The van der Waals surface area contributed by atoms with Gasteiger partial charge in [0.1, 0.15) is 12.1 Å². The van der Waals surface area contributed by atoms with Crippen molar-refractivity contribution in [2.75, 3.05) is 0 Å². The van der Waals surface area contributed by atoms with Gasteiger partial charge in [0.15, 0.2) is 12.4 Å². The molecule has 0 aliphatic carbocycles. The fourth-order valence-corrected chi connectivity index (χ4v) is 0.989. The highest BCUT2D eigenvalue weighted by molar-refractivity contribution is 5.92. The van der Waals surface area contributed by atoms with Crippen LogP contribution in [0.4, 0.5) is 0 Å². The number of carbonyl (C=O) groups excluding carboxylic acids is 1. The molecule has 0 atom stereocenters. The van der Waals surface area contributed by atoms with Crippen molar-refractivity contribution < 1.29 is 9.36 Å². The zero-order valence-electron chi connectivity index (χ0n) is 6.86. The van der Waals surface area contributed by atoms with Crippen LogP contribution >= 0.6 is 0 Å². The highest BCUT2D eigenvalue weighted by atomic mass is 16.1. The molecule has 0 saturated heterocycles. The van der Waals surface area contributed by atoms with Crippen molar-refractivity contribution in [3.05, 3.63) is 37.0 Å². The smallest absolute Gasteiger partial charge is 0.254 e. The molecule has 0 aliphatic rings.